The van der Waals surface area contributed by atoms with Crippen LogP contribution >= 0.6 is 0 Å². The summed E-state index contributed by atoms with van der Waals surface area (Å²) in [6.07, 6.45) is 6.98. The first-order chi connectivity index (χ1) is 10.8. The summed E-state index contributed by atoms with van der Waals surface area (Å²) in [6, 6.07) is 4.03. The summed E-state index contributed by atoms with van der Waals surface area (Å²) in [4.78, 5) is 10.5. The molecule has 0 aliphatic carbocycles. The van der Waals surface area contributed by atoms with Crippen molar-refractivity contribution in [1.82, 2.24) is 10.0 Å². The molecule has 0 saturated carbocycles. The van der Waals surface area contributed by atoms with Crippen molar-refractivity contribution < 1.29 is 9.57 Å². The Hall–Kier alpha value is -0.970. The molecule has 1 aromatic rings. The van der Waals surface area contributed by atoms with Crippen LogP contribution in [0.5, 0.6) is 0 Å². The van der Waals surface area contributed by atoms with Gasteiger partial charge in [-0.25, -0.2) is 0 Å². The van der Waals surface area contributed by atoms with E-state index in [2.05, 4.69) is 51.6 Å². The van der Waals surface area contributed by atoms with Gasteiger partial charge in [-0.05, 0) is 71.6 Å². The molecule has 2 rings (SSSR count). The molecule has 0 N–H and O–H groups in total. The molecular formula is C19H32N2O2. The van der Waals surface area contributed by atoms with E-state index in [0.29, 0.717) is 6.10 Å². The summed E-state index contributed by atoms with van der Waals surface area (Å²) in [6.45, 7) is 14.1. The van der Waals surface area contributed by atoms with Crippen molar-refractivity contribution >= 4 is 0 Å². The number of piperidine rings is 1. The number of pyridine rings is 1. The van der Waals surface area contributed by atoms with E-state index in [-0.39, 0.29) is 17.2 Å². The fourth-order valence-electron chi connectivity index (χ4n) is 3.71. The second-order valence-electron chi connectivity index (χ2n) is 7.85. The summed E-state index contributed by atoms with van der Waals surface area (Å²) < 4.78 is 6.05. The average molecular weight is 320 g/mol. The van der Waals surface area contributed by atoms with Crippen LogP contribution in [-0.4, -0.2) is 33.8 Å². The second-order valence-corrected chi connectivity index (χ2v) is 7.85. The quantitative estimate of drug-likeness (QED) is 0.771. The number of aromatic nitrogens is 1. The van der Waals surface area contributed by atoms with E-state index in [4.69, 9.17) is 9.57 Å². The van der Waals surface area contributed by atoms with Crippen LogP contribution in [0.2, 0.25) is 0 Å². The van der Waals surface area contributed by atoms with Gasteiger partial charge in [-0.1, -0.05) is 6.92 Å². The van der Waals surface area contributed by atoms with Crippen LogP contribution in [0, 0.1) is 0 Å². The first kappa shape index (κ1) is 18.4. The van der Waals surface area contributed by atoms with Crippen molar-refractivity contribution in [2.24, 2.45) is 0 Å². The minimum absolute atomic E-state index is 0.00431. The van der Waals surface area contributed by atoms with Crippen LogP contribution in [0.15, 0.2) is 24.5 Å². The Labute approximate surface area is 141 Å². The van der Waals surface area contributed by atoms with Gasteiger partial charge in [0.2, 0.25) is 0 Å². The lowest BCUT2D eigenvalue weighted by molar-refractivity contribution is -0.315. The van der Waals surface area contributed by atoms with Gasteiger partial charge in [-0.15, -0.1) is 0 Å². The number of ether oxygens (including phenoxy) is 1. The van der Waals surface area contributed by atoms with E-state index >= 15 is 0 Å². The third kappa shape index (κ3) is 4.52. The van der Waals surface area contributed by atoms with Crippen molar-refractivity contribution in [1.29, 1.82) is 0 Å². The van der Waals surface area contributed by atoms with E-state index in [1.807, 2.05) is 24.5 Å². The molecule has 1 aromatic heterocycles. The highest BCUT2D eigenvalue weighted by molar-refractivity contribution is 5.12. The van der Waals surface area contributed by atoms with Gasteiger partial charge in [-0.2, -0.15) is 5.06 Å². The van der Waals surface area contributed by atoms with Gasteiger partial charge >= 0.3 is 0 Å². The van der Waals surface area contributed by atoms with Crippen molar-refractivity contribution in [3.8, 4) is 0 Å². The van der Waals surface area contributed by atoms with Gasteiger partial charge in [0.15, 0.2) is 0 Å². The summed E-state index contributed by atoms with van der Waals surface area (Å²) in [5, 5.41) is 2.19. The van der Waals surface area contributed by atoms with Crippen molar-refractivity contribution in [2.45, 2.75) is 84.1 Å². The molecule has 0 amide bonds. The molecule has 0 radical (unpaired) electrons. The van der Waals surface area contributed by atoms with Crippen LogP contribution in [0.3, 0.4) is 0 Å². The molecule has 1 unspecified atom stereocenters. The second kappa shape index (κ2) is 7.29. The Kier molecular flexibility index (Phi) is 5.82. The Balaban J connectivity index is 2.11. The monoisotopic (exact) mass is 320 g/mol. The highest BCUT2D eigenvalue weighted by atomic mass is 16.7. The van der Waals surface area contributed by atoms with Gasteiger partial charge in [0.1, 0.15) is 6.10 Å². The lowest BCUT2D eigenvalue weighted by atomic mass is 9.80. The third-order valence-electron chi connectivity index (χ3n) is 4.55. The molecule has 1 aliphatic rings. The Morgan fingerprint density at radius 3 is 2.26 bits per heavy atom. The van der Waals surface area contributed by atoms with E-state index in [1.165, 1.54) is 0 Å². The predicted molar refractivity (Wildman–Crippen MR) is 93.0 cm³/mol. The number of hydroxylamine groups is 2. The van der Waals surface area contributed by atoms with Gasteiger partial charge < -0.3 is 4.74 Å². The topological polar surface area (TPSA) is 34.6 Å². The summed E-state index contributed by atoms with van der Waals surface area (Å²) in [5.74, 6) is 0. The van der Waals surface area contributed by atoms with Gasteiger partial charge in [0.05, 0.1) is 6.10 Å². The molecule has 4 nitrogen and oxygen atoms in total. The fourth-order valence-corrected chi connectivity index (χ4v) is 3.71. The van der Waals surface area contributed by atoms with Gasteiger partial charge in [0, 0.05) is 30.1 Å². The zero-order valence-electron chi connectivity index (χ0n) is 15.5. The highest BCUT2D eigenvalue weighted by Gasteiger charge is 2.47. The molecule has 23 heavy (non-hydrogen) atoms. The zero-order chi connectivity index (χ0) is 17.1. The maximum Gasteiger partial charge on any atom is 0.102 e. The minimum Gasteiger partial charge on any atom is -0.378 e. The van der Waals surface area contributed by atoms with E-state index in [0.717, 1.165) is 31.4 Å². The summed E-state index contributed by atoms with van der Waals surface area (Å²) in [5.41, 5.74) is 1.01. The lowest BCUT2D eigenvalue weighted by Crippen LogP contribution is -2.62. The van der Waals surface area contributed by atoms with E-state index in [9.17, 15) is 0 Å². The van der Waals surface area contributed by atoms with Crippen LogP contribution in [0.1, 0.15) is 72.5 Å². The minimum atomic E-state index is -0.0680. The standard InChI is InChI=1S/C19H32N2O2/c1-7-12-22-17-13-18(3,4)21(19(5,6)14-17)23-15(2)16-8-10-20-11-9-16/h8-11,15,17H,7,12-14H2,1-6H3. The highest BCUT2D eigenvalue weighted by Crippen LogP contribution is 2.41. The molecular weight excluding hydrogens is 288 g/mol. The predicted octanol–water partition coefficient (Wildman–Crippen LogP) is 4.52. The Morgan fingerprint density at radius 2 is 1.74 bits per heavy atom. The zero-order valence-corrected chi connectivity index (χ0v) is 15.5. The molecule has 4 heteroatoms. The Morgan fingerprint density at radius 1 is 1.17 bits per heavy atom. The normalized spacial score (nSPS) is 22.9. The molecule has 1 fully saturated rings. The smallest absolute Gasteiger partial charge is 0.102 e. The number of hydrogen-bond donors (Lipinski definition) is 0. The molecule has 1 atom stereocenters. The summed E-state index contributed by atoms with van der Waals surface area (Å²) in [7, 11) is 0. The Bertz CT molecular complexity index is 469. The van der Waals surface area contributed by atoms with Crippen LogP contribution < -0.4 is 0 Å². The molecule has 130 valence electrons. The van der Waals surface area contributed by atoms with Crippen molar-refractivity contribution in [3.63, 3.8) is 0 Å². The van der Waals surface area contributed by atoms with Gasteiger partial charge in [0.25, 0.3) is 0 Å². The van der Waals surface area contributed by atoms with Crippen molar-refractivity contribution in [2.75, 3.05) is 6.61 Å². The summed E-state index contributed by atoms with van der Waals surface area (Å²) >= 11 is 0. The van der Waals surface area contributed by atoms with Crippen molar-refractivity contribution in [3.05, 3.63) is 30.1 Å². The van der Waals surface area contributed by atoms with E-state index in [1.54, 1.807) is 0 Å². The first-order valence-electron chi connectivity index (χ1n) is 8.75. The van der Waals surface area contributed by atoms with Crippen LogP contribution in [-0.2, 0) is 9.57 Å². The number of nitrogens with zero attached hydrogens (tertiary/aromatic N) is 2. The third-order valence-corrected chi connectivity index (χ3v) is 4.55. The fraction of sp³-hybridized carbons (Fsp3) is 0.737. The molecule has 1 saturated heterocycles. The number of hydrogen-bond acceptors (Lipinski definition) is 4. The molecule has 0 spiro atoms. The van der Waals surface area contributed by atoms with Crippen LogP contribution in [0.25, 0.3) is 0 Å². The lowest BCUT2D eigenvalue weighted by Gasteiger charge is -2.54. The van der Waals surface area contributed by atoms with E-state index < -0.39 is 0 Å². The average Bonchev–Trinajstić information content (AvgIpc) is 2.48. The van der Waals surface area contributed by atoms with Crippen LogP contribution in [0.4, 0.5) is 0 Å². The number of rotatable bonds is 6. The molecule has 1 aliphatic heterocycles. The molecule has 2 heterocycles. The largest absolute Gasteiger partial charge is 0.378 e. The molecule has 0 bridgehead atoms. The SMILES string of the molecule is CCCOC1CC(C)(C)N(OC(C)c2ccncc2)C(C)(C)C1. The molecule has 0 aromatic carbocycles. The van der Waals surface area contributed by atoms with Gasteiger partial charge in [-0.3, -0.25) is 9.82 Å². The first-order valence-corrected chi connectivity index (χ1v) is 8.75. The maximum atomic E-state index is 6.41. The maximum absolute atomic E-state index is 6.41.